The third-order valence-corrected chi connectivity index (χ3v) is 5.56. The van der Waals surface area contributed by atoms with Crippen molar-refractivity contribution in [3.8, 4) is 0 Å². The summed E-state index contributed by atoms with van der Waals surface area (Å²) in [6.07, 6.45) is 0. The summed E-state index contributed by atoms with van der Waals surface area (Å²) in [7, 11) is -1.06. The van der Waals surface area contributed by atoms with Gasteiger partial charge in [-0.3, -0.25) is 9.69 Å². The van der Waals surface area contributed by atoms with E-state index in [1.165, 1.54) is 0 Å². The van der Waals surface area contributed by atoms with E-state index in [0.717, 1.165) is 5.56 Å². The second kappa shape index (κ2) is 6.80. The lowest BCUT2D eigenvalue weighted by Crippen LogP contribution is -2.50. The molecule has 1 N–H and O–H groups in total. The molecular formula is C19H25BFNO4. The Bertz CT molecular complexity index is 698. The van der Waals surface area contributed by atoms with Crippen molar-refractivity contribution >= 4 is 18.7 Å². The number of carboxylic acid groups (broad SMARTS) is 1. The Morgan fingerprint density at radius 3 is 2.23 bits per heavy atom. The van der Waals surface area contributed by atoms with E-state index in [1.54, 1.807) is 0 Å². The molecule has 0 radical (unpaired) electrons. The molecule has 0 amide bonds. The maximum Gasteiger partial charge on any atom is 0.525 e. The summed E-state index contributed by atoms with van der Waals surface area (Å²) in [5, 5.41) is 9.05. The van der Waals surface area contributed by atoms with Gasteiger partial charge < -0.3 is 14.4 Å². The summed E-state index contributed by atoms with van der Waals surface area (Å²) < 4.78 is 27.1. The van der Waals surface area contributed by atoms with Crippen molar-refractivity contribution in [3.63, 3.8) is 0 Å². The Morgan fingerprint density at radius 1 is 1.19 bits per heavy atom. The smallest absolute Gasteiger partial charge is 0.481 e. The normalized spacial score (nSPS) is 23.5. The first-order chi connectivity index (χ1) is 12.1. The number of aliphatic carboxylic acids is 1. The molecule has 0 atom stereocenters. The quantitative estimate of drug-likeness (QED) is 0.817. The Kier molecular flexibility index (Phi) is 4.99. The fourth-order valence-corrected chi connectivity index (χ4v) is 3.11. The number of nitrogens with zero attached hydrogens (tertiary/aromatic N) is 1. The van der Waals surface area contributed by atoms with Crippen LogP contribution in [-0.2, 0) is 14.1 Å². The van der Waals surface area contributed by atoms with Gasteiger partial charge in [-0.15, -0.1) is 0 Å². The average Bonchev–Trinajstić information content (AvgIpc) is 2.74. The molecule has 1 aromatic carbocycles. The van der Waals surface area contributed by atoms with Crippen LogP contribution < -0.4 is 0 Å². The first-order valence-electron chi connectivity index (χ1n) is 8.85. The minimum Gasteiger partial charge on any atom is -0.481 e. The molecule has 0 aliphatic carbocycles. The number of carboxylic acids is 1. The van der Waals surface area contributed by atoms with Gasteiger partial charge in [0, 0.05) is 25.2 Å². The topological polar surface area (TPSA) is 59.0 Å². The molecule has 140 valence electrons. The average molecular weight is 361 g/mol. The van der Waals surface area contributed by atoms with Crippen molar-refractivity contribution in [2.24, 2.45) is 5.92 Å². The predicted octanol–water partition coefficient (Wildman–Crippen LogP) is 3.02. The van der Waals surface area contributed by atoms with E-state index in [2.05, 4.69) is 0 Å². The van der Waals surface area contributed by atoms with Crippen LogP contribution in [0.5, 0.6) is 0 Å². The molecule has 2 fully saturated rings. The molecule has 2 heterocycles. The number of likely N-dealkylation sites (tertiary alicyclic amines) is 1. The van der Waals surface area contributed by atoms with Crippen molar-refractivity contribution in [1.82, 2.24) is 4.90 Å². The van der Waals surface area contributed by atoms with Crippen LogP contribution in [0.25, 0.3) is 5.57 Å². The number of halogens is 1. The molecule has 3 rings (SSSR count). The van der Waals surface area contributed by atoms with Crippen LogP contribution in [0.3, 0.4) is 0 Å². The third kappa shape index (κ3) is 3.56. The van der Waals surface area contributed by atoms with Gasteiger partial charge in [0.25, 0.3) is 0 Å². The Hall–Kier alpha value is -1.70. The lowest BCUT2D eigenvalue weighted by molar-refractivity contribution is -0.147. The molecule has 7 heteroatoms. The van der Waals surface area contributed by atoms with Crippen LogP contribution in [0.15, 0.2) is 36.1 Å². The van der Waals surface area contributed by atoms with Crippen LogP contribution in [0.2, 0.25) is 0 Å². The van der Waals surface area contributed by atoms with Crippen molar-refractivity contribution in [2.45, 2.75) is 38.9 Å². The standard InChI is InChI=1S/C19H25BFNO4/c1-18(2)19(3,4)26-20(25-18)16(21)15(13-8-6-5-7-9-13)12-22-10-14(11-22)17(23)24/h5-9,14H,10-12H2,1-4H3,(H,23,24). The summed E-state index contributed by atoms with van der Waals surface area (Å²) in [4.78, 5) is 12.9. The van der Waals surface area contributed by atoms with E-state index in [-0.39, 0.29) is 5.92 Å². The number of carbonyl (C=O) groups is 1. The van der Waals surface area contributed by atoms with Crippen LogP contribution in [0.4, 0.5) is 4.39 Å². The Balaban J connectivity index is 1.86. The molecule has 0 bridgehead atoms. The zero-order valence-electron chi connectivity index (χ0n) is 15.7. The zero-order valence-corrected chi connectivity index (χ0v) is 15.7. The third-order valence-electron chi connectivity index (χ3n) is 5.56. The molecule has 26 heavy (non-hydrogen) atoms. The van der Waals surface area contributed by atoms with Crippen molar-refractivity contribution in [3.05, 3.63) is 41.6 Å². The van der Waals surface area contributed by atoms with Crippen molar-refractivity contribution in [1.29, 1.82) is 0 Å². The minimum absolute atomic E-state index is 0.323. The van der Waals surface area contributed by atoms with Gasteiger partial charge >= 0.3 is 13.1 Å². The number of hydrogen-bond donors (Lipinski definition) is 1. The van der Waals surface area contributed by atoms with E-state index < -0.39 is 30.0 Å². The van der Waals surface area contributed by atoms with Gasteiger partial charge in [0.05, 0.1) is 17.1 Å². The molecule has 2 aliphatic heterocycles. The maximum atomic E-state index is 15.4. The van der Waals surface area contributed by atoms with Crippen LogP contribution in [0.1, 0.15) is 33.3 Å². The van der Waals surface area contributed by atoms with Gasteiger partial charge in [-0.2, -0.15) is 0 Å². The van der Waals surface area contributed by atoms with Crippen molar-refractivity contribution in [2.75, 3.05) is 19.6 Å². The Morgan fingerprint density at radius 2 is 1.73 bits per heavy atom. The van der Waals surface area contributed by atoms with E-state index in [9.17, 15) is 4.79 Å². The molecule has 0 spiro atoms. The van der Waals surface area contributed by atoms with Crippen LogP contribution >= 0.6 is 0 Å². The SMILES string of the molecule is CC1(C)OB(C(F)=C(CN2CC(C(=O)O)C2)c2ccccc2)OC1(C)C. The van der Waals surface area contributed by atoms with E-state index >= 15 is 4.39 Å². The van der Waals surface area contributed by atoms with Gasteiger partial charge in [-0.05, 0) is 33.3 Å². The fraction of sp³-hybridized carbons (Fsp3) is 0.526. The molecule has 0 aromatic heterocycles. The van der Waals surface area contributed by atoms with Crippen LogP contribution in [-0.4, -0.2) is 53.9 Å². The van der Waals surface area contributed by atoms with E-state index in [0.29, 0.717) is 25.2 Å². The highest BCUT2D eigenvalue weighted by Crippen LogP contribution is 2.40. The summed E-state index contributed by atoms with van der Waals surface area (Å²) in [5.74, 6) is -1.19. The summed E-state index contributed by atoms with van der Waals surface area (Å²) >= 11 is 0. The first kappa shape index (κ1) is 19.1. The highest BCUT2D eigenvalue weighted by Gasteiger charge is 2.53. The van der Waals surface area contributed by atoms with E-state index in [4.69, 9.17) is 14.4 Å². The lowest BCUT2D eigenvalue weighted by atomic mass is 9.82. The molecular weight excluding hydrogens is 336 g/mol. The summed E-state index contributed by atoms with van der Waals surface area (Å²) in [6, 6.07) is 9.26. The van der Waals surface area contributed by atoms with Crippen molar-refractivity contribution < 1.29 is 23.6 Å². The molecule has 2 aliphatic rings. The van der Waals surface area contributed by atoms with E-state index in [1.807, 2.05) is 62.9 Å². The van der Waals surface area contributed by atoms with Gasteiger partial charge in [-0.1, -0.05) is 30.3 Å². The first-order valence-corrected chi connectivity index (χ1v) is 8.85. The number of rotatable bonds is 5. The van der Waals surface area contributed by atoms with Gasteiger partial charge in [0.1, 0.15) is 5.73 Å². The van der Waals surface area contributed by atoms with Gasteiger partial charge in [-0.25, -0.2) is 4.39 Å². The van der Waals surface area contributed by atoms with Gasteiger partial charge in [0.15, 0.2) is 0 Å². The summed E-state index contributed by atoms with van der Waals surface area (Å²) in [6.45, 7) is 8.70. The second-order valence-corrected chi connectivity index (χ2v) is 8.01. The minimum atomic E-state index is -1.06. The molecule has 1 aromatic rings. The molecule has 0 saturated carbocycles. The summed E-state index contributed by atoms with van der Waals surface area (Å²) in [5.41, 5.74) is -0.468. The highest BCUT2D eigenvalue weighted by atomic mass is 19.1. The largest absolute Gasteiger partial charge is 0.525 e. The number of benzene rings is 1. The molecule has 0 unspecified atom stereocenters. The maximum absolute atomic E-state index is 15.4. The second-order valence-electron chi connectivity index (χ2n) is 8.01. The zero-order chi connectivity index (χ0) is 19.1. The number of hydrogen-bond acceptors (Lipinski definition) is 4. The fourth-order valence-electron chi connectivity index (χ4n) is 3.11. The van der Waals surface area contributed by atoms with Crippen LogP contribution in [0, 0.1) is 5.92 Å². The lowest BCUT2D eigenvalue weighted by Gasteiger charge is -2.37. The monoisotopic (exact) mass is 361 g/mol. The highest BCUT2D eigenvalue weighted by molar-refractivity contribution is 6.55. The predicted molar refractivity (Wildman–Crippen MR) is 98.1 cm³/mol. The molecule has 5 nitrogen and oxygen atoms in total. The van der Waals surface area contributed by atoms with Gasteiger partial charge in [0.2, 0.25) is 0 Å². The molecule has 2 saturated heterocycles. The Labute approximate surface area is 153 Å².